The molecular weight excluding hydrogens is 442 g/mol. The van der Waals surface area contributed by atoms with Crippen LogP contribution in [0.5, 0.6) is 0 Å². The standard InChI is InChI=1S/C28H27N3O4/c1-17-18(2)30-26-23(17)10-7-11-24(26)27(33)29-16-20-12-21(28(34)35-3)15-22(13-20)31-25(32)14-19-8-5-4-6-9-19/h4-13,15,30H,14,16H2,1-3H3,(H,29,33)(H,31,32). The Morgan fingerprint density at radius 3 is 2.43 bits per heavy atom. The number of aromatic amines is 1. The number of nitrogens with one attached hydrogen (secondary N) is 3. The van der Waals surface area contributed by atoms with E-state index in [0.29, 0.717) is 16.8 Å². The number of aryl methyl sites for hydroxylation is 2. The van der Waals surface area contributed by atoms with Gasteiger partial charge in [-0.25, -0.2) is 4.79 Å². The Labute approximate surface area is 203 Å². The molecule has 2 amide bonds. The van der Waals surface area contributed by atoms with Crippen LogP contribution in [-0.2, 0) is 22.5 Å². The molecule has 0 aliphatic heterocycles. The number of hydrogen-bond acceptors (Lipinski definition) is 4. The molecule has 35 heavy (non-hydrogen) atoms. The molecule has 1 heterocycles. The van der Waals surface area contributed by atoms with Gasteiger partial charge in [-0.2, -0.15) is 0 Å². The van der Waals surface area contributed by atoms with Crippen molar-refractivity contribution in [3.63, 3.8) is 0 Å². The fraction of sp³-hybridized carbons (Fsp3) is 0.179. The molecule has 0 aliphatic carbocycles. The number of fused-ring (bicyclic) bond motifs is 1. The van der Waals surface area contributed by atoms with Gasteiger partial charge >= 0.3 is 5.97 Å². The Kier molecular flexibility index (Phi) is 6.96. The molecule has 0 aliphatic rings. The number of ether oxygens (including phenoxy) is 1. The zero-order chi connectivity index (χ0) is 24.9. The van der Waals surface area contributed by atoms with Crippen LogP contribution in [0.4, 0.5) is 5.69 Å². The summed E-state index contributed by atoms with van der Waals surface area (Å²) in [5.41, 5.74) is 5.73. The number of methoxy groups -OCH3 is 1. The molecule has 4 aromatic rings. The van der Waals surface area contributed by atoms with Crippen LogP contribution in [0.3, 0.4) is 0 Å². The summed E-state index contributed by atoms with van der Waals surface area (Å²) in [6.07, 6.45) is 0.203. The van der Waals surface area contributed by atoms with Crippen LogP contribution >= 0.6 is 0 Å². The second-order valence-electron chi connectivity index (χ2n) is 8.41. The quantitative estimate of drug-likeness (QED) is 0.342. The molecule has 1 aromatic heterocycles. The van der Waals surface area contributed by atoms with Gasteiger partial charge in [0.15, 0.2) is 0 Å². The van der Waals surface area contributed by atoms with Crippen molar-refractivity contribution in [1.82, 2.24) is 10.3 Å². The number of amides is 2. The van der Waals surface area contributed by atoms with E-state index < -0.39 is 5.97 Å². The molecule has 0 fully saturated rings. The summed E-state index contributed by atoms with van der Waals surface area (Å²) < 4.78 is 4.86. The topological polar surface area (TPSA) is 100 Å². The van der Waals surface area contributed by atoms with E-state index in [1.54, 1.807) is 24.3 Å². The first-order valence-corrected chi connectivity index (χ1v) is 11.3. The van der Waals surface area contributed by atoms with Gasteiger partial charge in [0.05, 0.1) is 30.2 Å². The zero-order valence-electron chi connectivity index (χ0n) is 19.9. The van der Waals surface area contributed by atoms with Crippen LogP contribution in [0, 0.1) is 13.8 Å². The fourth-order valence-electron chi connectivity index (χ4n) is 4.04. The minimum absolute atomic E-state index is 0.167. The maximum Gasteiger partial charge on any atom is 0.337 e. The van der Waals surface area contributed by atoms with Crippen molar-refractivity contribution >= 4 is 34.4 Å². The Balaban J connectivity index is 1.53. The van der Waals surface area contributed by atoms with Gasteiger partial charge in [-0.1, -0.05) is 42.5 Å². The fourth-order valence-corrected chi connectivity index (χ4v) is 4.04. The van der Waals surface area contributed by atoms with Crippen molar-refractivity contribution < 1.29 is 19.1 Å². The molecule has 0 bridgehead atoms. The van der Waals surface area contributed by atoms with Crippen LogP contribution in [0.2, 0.25) is 0 Å². The summed E-state index contributed by atoms with van der Waals surface area (Å²) in [5, 5.41) is 6.76. The summed E-state index contributed by atoms with van der Waals surface area (Å²) in [4.78, 5) is 41.0. The molecule has 0 spiro atoms. The second kappa shape index (κ2) is 10.3. The molecule has 7 heteroatoms. The molecule has 178 valence electrons. The van der Waals surface area contributed by atoms with E-state index in [-0.39, 0.29) is 30.3 Å². The van der Waals surface area contributed by atoms with Gasteiger partial charge in [0, 0.05) is 23.3 Å². The maximum absolute atomic E-state index is 13.0. The monoisotopic (exact) mass is 469 g/mol. The minimum Gasteiger partial charge on any atom is -0.465 e. The van der Waals surface area contributed by atoms with Gasteiger partial charge in [0.25, 0.3) is 5.91 Å². The van der Waals surface area contributed by atoms with Crippen LogP contribution in [0.1, 0.15) is 43.1 Å². The number of H-pyrrole nitrogens is 1. The van der Waals surface area contributed by atoms with E-state index in [2.05, 4.69) is 15.6 Å². The van der Waals surface area contributed by atoms with Gasteiger partial charge in [-0.3, -0.25) is 9.59 Å². The molecule has 0 saturated carbocycles. The van der Waals surface area contributed by atoms with E-state index in [9.17, 15) is 14.4 Å². The largest absolute Gasteiger partial charge is 0.465 e. The normalized spacial score (nSPS) is 10.7. The molecule has 0 atom stereocenters. The number of esters is 1. The first-order valence-electron chi connectivity index (χ1n) is 11.3. The van der Waals surface area contributed by atoms with Crippen molar-refractivity contribution in [2.75, 3.05) is 12.4 Å². The van der Waals surface area contributed by atoms with E-state index in [4.69, 9.17) is 4.74 Å². The summed E-state index contributed by atoms with van der Waals surface area (Å²) >= 11 is 0. The van der Waals surface area contributed by atoms with Crippen molar-refractivity contribution in [3.05, 3.63) is 100 Å². The van der Waals surface area contributed by atoms with Gasteiger partial charge in [-0.15, -0.1) is 0 Å². The highest BCUT2D eigenvalue weighted by Gasteiger charge is 2.15. The number of rotatable bonds is 7. The Hall–Kier alpha value is -4.39. The summed E-state index contributed by atoms with van der Waals surface area (Å²) in [6.45, 7) is 4.16. The van der Waals surface area contributed by atoms with Crippen LogP contribution < -0.4 is 10.6 Å². The van der Waals surface area contributed by atoms with Crippen molar-refractivity contribution in [2.45, 2.75) is 26.8 Å². The minimum atomic E-state index is -0.529. The van der Waals surface area contributed by atoms with Crippen LogP contribution in [0.15, 0.2) is 66.7 Å². The SMILES string of the molecule is COC(=O)c1cc(CNC(=O)c2cccc3c(C)c(C)[nH]c23)cc(NC(=O)Cc2ccccc2)c1. The lowest BCUT2D eigenvalue weighted by Crippen LogP contribution is -2.23. The van der Waals surface area contributed by atoms with Gasteiger partial charge in [0.1, 0.15) is 0 Å². The summed E-state index contributed by atoms with van der Waals surface area (Å²) in [5.74, 6) is -0.980. The first-order chi connectivity index (χ1) is 16.9. The van der Waals surface area contributed by atoms with E-state index in [1.165, 1.54) is 7.11 Å². The number of carbonyl (C=O) groups is 3. The van der Waals surface area contributed by atoms with E-state index in [1.807, 2.05) is 56.3 Å². The average Bonchev–Trinajstić information content (AvgIpc) is 3.15. The van der Waals surface area contributed by atoms with E-state index in [0.717, 1.165) is 27.7 Å². The Morgan fingerprint density at radius 2 is 1.69 bits per heavy atom. The summed E-state index contributed by atoms with van der Waals surface area (Å²) in [6, 6.07) is 19.9. The van der Waals surface area contributed by atoms with Crippen molar-refractivity contribution in [3.8, 4) is 0 Å². The predicted molar refractivity (Wildman–Crippen MR) is 136 cm³/mol. The predicted octanol–water partition coefficient (Wildman–Crippen LogP) is 4.68. The second-order valence-corrected chi connectivity index (χ2v) is 8.41. The molecule has 0 unspecified atom stereocenters. The highest BCUT2D eigenvalue weighted by Crippen LogP contribution is 2.24. The van der Waals surface area contributed by atoms with Gasteiger partial charge in [0.2, 0.25) is 5.91 Å². The molecule has 7 nitrogen and oxygen atoms in total. The third-order valence-corrected chi connectivity index (χ3v) is 5.95. The van der Waals surface area contributed by atoms with Crippen LogP contribution in [0.25, 0.3) is 10.9 Å². The maximum atomic E-state index is 13.0. The Morgan fingerprint density at radius 1 is 0.914 bits per heavy atom. The number of para-hydroxylation sites is 1. The van der Waals surface area contributed by atoms with E-state index >= 15 is 0 Å². The highest BCUT2D eigenvalue weighted by atomic mass is 16.5. The number of aromatic nitrogens is 1. The van der Waals surface area contributed by atoms with Crippen LogP contribution in [-0.4, -0.2) is 29.9 Å². The molecule has 0 radical (unpaired) electrons. The smallest absolute Gasteiger partial charge is 0.337 e. The zero-order valence-corrected chi connectivity index (χ0v) is 19.9. The number of hydrogen-bond donors (Lipinski definition) is 3. The number of anilines is 1. The number of carbonyl (C=O) groups excluding carboxylic acids is 3. The van der Waals surface area contributed by atoms with Crippen molar-refractivity contribution in [2.24, 2.45) is 0 Å². The van der Waals surface area contributed by atoms with Gasteiger partial charge in [-0.05, 0) is 54.8 Å². The average molecular weight is 470 g/mol. The lowest BCUT2D eigenvalue weighted by molar-refractivity contribution is -0.115. The summed E-state index contributed by atoms with van der Waals surface area (Å²) in [7, 11) is 1.30. The number of benzene rings is 3. The third-order valence-electron chi connectivity index (χ3n) is 5.95. The van der Waals surface area contributed by atoms with Crippen molar-refractivity contribution in [1.29, 1.82) is 0 Å². The lowest BCUT2D eigenvalue weighted by atomic mass is 10.1. The van der Waals surface area contributed by atoms with Gasteiger partial charge < -0.3 is 20.4 Å². The molecule has 4 rings (SSSR count). The Bertz CT molecular complexity index is 1410. The molecule has 0 saturated heterocycles. The molecular formula is C28H27N3O4. The molecule has 3 aromatic carbocycles. The highest BCUT2D eigenvalue weighted by molar-refractivity contribution is 6.06. The third kappa shape index (κ3) is 5.41. The lowest BCUT2D eigenvalue weighted by Gasteiger charge is -2.12. The molecule has 3 N–H and O–H groups in total. The first kappa shape index (κ1) is 23.8.